The fourth-order valence-corrected chi connectivity index (χ4v) is 1.08. The zero-order chi connectivity index (χ0) is 11.4. The van der Waals surface area contributed by atoms with Crippen molar-refractivity contribution >= 4 is 0 Å². The highest BCUT2D eigenvalue weighted by Gasteiger charge is 2.19. The molecule has 0 spiro atoms. The summed E-state index contributed by atoms with van der Waals surface area (Å²) in [6.07, 6.45) is -3.21. The van der Waals surface area contributed by atoms with Gasteiger partial charge in [0.25, 0.3) is 0 Å². The number of pyridine rings is 1. The Morgan fingerprint density at radius 3 is 2.33 bits per heavy atom. The van der Waals surface area contributed by atoms with Crippen LogP contribution in [-0.4, -0.2) is 21.3 Å². The third kappa shape index (κ3) is 2.94. The van der Waals surface area contributed by atoms with E-state index in [1.807, 2.05) is 0 Å². The molecule has 4 nitrogen and oxygen atoms in total. The Kier molecular flexibility index (Phi) is 3.66. The number of nitriles is 1. The van der Waals surface area contributed by atoms with Crippen LogP contribution in [0.1, 0.15) is 18.1 Å². The molecule has 1 aromatic rings. The molecule has 2 atom stereocenters. The van der Waals surface area contributed by atoms with Crippen LogP contribution < -0.4 is 0 Å². The topological polar surface area (TPSA) is 77.1 Å². The molecule has 2 N–H and O–H groups in total. The van der Waals surface area contributed by atoms with Gasteiger partial charge in [-0.25, -0.2) is 0 Å². The summed E-state index contributed by atoms with van der Waals surface area (Å²) in [5.41, 5.74) is -0.150. The molecular formula is C9H8F2N2O2. The molecule has 0 aromatic carbocycles. The predicted octanol–water partition coefficient (Wildman–Crippen LogP) is 0.668. The first-order valence-electron chi connectivity index (χ1n) is 4.10. The third-order valence-corrected chi connectivity index (χ3v) is 1.79. The largest absolute Gasteiger partial charge is 0.389 e. The van der Waals surface area contributed by atoms with Gasteiger partial charge in [-0.1, -0.05) is 0 Å². The van der Waals surface area contributed by atoms with Crippen LogP contribution in [0.5, 0.6) is 0 Å². The van der Waals surface area contributed by atoms with E-state index in [1.165, 1.54) is 0 Å². The maximum atomic E-state index is 12.6. The minimum Gasteiger partial charge on any atom is -0.389 e. The molecule has 0 amide bonds. The van der Waals surface area contributed by atoms with E-state index < -0.39 is 24.1 Å². The Labute approximate surface area is 84.4 Å². The normalized spacial score (nSPS) is 14.3. The van der Waals surface area contributed by atoms with Crippen LogP contribution in [0.3, 0.4) is 0 Å². The molecule has 0 fully saturated rings. The summed E-state index contributed by atoms with van der Waals surface area (Å²) in [5.74, 6) is -2.18. The lowest BCUT2D eigenvalue weighted by atomic mass is 10.0. The van der Waals surface area contributed by atoms with Gasteiger partial charge in [-0.15, -0.1) is 0 Å². The van der Waals surface area contributed by atoms with Crippen molar-refractivity contribution < 1.29 is 19.0 Å². The standard InChI is InChI=1S/C9H8F2N2O2/c10-7-3-5(4-8(11)13-7)9(15)6(14)1-2-12/h3-4,6,9,14-15H,1H2. The van der Waals surface area contributed by atoms with Crippen molar-refractivity contribution in [3.8, 4) is 6.07 Å². The van der Waals surface area contributed by atoms with Gasteiger partial charge in [-0.3, -0.25) is 0 Å². The second kappa shape index (κ2) is 4.77. The Hall–Kier alpha value is -1.58. The minimum absolute atomic E-state index is 0.150. The lowest BCUT2D eigenvalue weighted by molar-refractivity contribution is 0.0212. The van der Waals surface area contributed by atoms with Crippen molar-refractivity contribution in [1.29, 1.82) is 5.26 Å². The molecule has 0 radical (unpaired) electrons. The zero-order valence-electron chi connectivity index (χ0n) is 7.56. The van der Waals surface area contributed by atoms with Gasteiger partial charge in [0.2, 0.25) is 11.9 Å². The van der Waals surface area contributed by atoms with Crippen LogP contribution >= 0.6 is 0 Å². The second-order valence-corrected chi connectivity index (χ2v) is 2.92. The van der Waals surface area contributed by atoms with Crippen LogP contribution in [0.2, 0.25) is 0 Å². The van der Waals surface area contributed by atoms with Gasteiger partial charge in [0.05, 0.1) is 18.6 Å². The summed E-state index contributed by atoms with van der Waals surface area (Å²) in [6.45, 7) is 0. The molecule has 0 saturated carbocycles. The van der Waals surface area contributed by atoms with E-state index in [2.05, 4.69) is 4.98 Å². The summed E-state index contributed by atoms with van der Waals surface area (Å²) >= 11 is 0. The number of aromatic nitrogens is 1. The van der Waals surface area contributed by atoms with Crippen LogP contribution in [0.4, 0.5) is 8.78 Å². The molecule has 0 aliphatic carbocycles. The van der Waals surface area contributed by atoms with E-state index in [1.54, 1.807) is 6.07 Å². The van der Waals surface area contributed by atoms with Crippen molar-refractivity contribution in [2.75, 3.05) is 0 Å². The molecule has 80 valence electrons. The summed E-state index contributed by atoms with van der Waals surface area (Å²) < 4.78 is 25.3. The molecule has 0 saturated heterocycles. The highest BCUT2D eigenvalue weighted by molar-refractivity contribution is 5.16. The summed E-state index contributed by atoms with van der Waals surface area (Å²) in [7, 11) is 0. The van der Waals surface area contributed by atoms with E-state index in [0.717, 1.165) is 12.1 Å². The predicted molar refractivity (Wildman–Crippen MR) is 45.3 cm³/mol. The molecule has 2 unspecified atom stereocenters. The van der Waals surface area contributed by atoms with Gasteiger partial charge < -0.3 is 10.2 Å². The van der Waals surface area contributed by atoms with Crippen molar-refractivity contribution in [1.82, 2.24) is 4.98 Å². The first kappa shape index (κ1) is 11.5. The molecule has 0 bridgehead atoms. The van der Waals surface area contributed by atoms with Gasteiger partial charge in [0, 0.05) is 0 Å². The Morgan fingerprint density at radius 1 is 1.33 bits per heavy atom. The van der Waals surface area contributed by atoms with Crippen LogP contribution in [0.25, 0.3) is 0 Å². The summed E-state index contributed by atoms with van der Waals surface area (Å²) in [4.78, 5) is 2.83. The average Bonchev–Trinajstić information content (AvgIpc) is 2.15. The smallest absolute Gasteiger partial charge is 0.215 e. The Morgan fingerprint density at radius 2 is 1.87 bits per heavy atom. The number of nitrogens with zero attached hydrogens (tertiary/aromatic N) is 2. The maximum absolute atomic E-state index is 12.6. The maximum Gasteiger partial charge on any atom is 0.215 e. The molecular weight excluding hydrogens is 206 g/mol. The molecule has 1 heterocycles. The van der Waals surface area contributed by atoms with Crippen molar-refractivity contribution in [3.05, 3.63) is 29.6 Å². The van der Waals surface area contributed by atoms with E-state index in [-0.39, 0.29) is 12.0 Å². The number of hydrogen-bond donors (Lipinski definition) is 2. The fraction of sp³-hybridized carbons (Fsp3) is 0.333. The molecule has 0 aliphatic heterocycles. The second-order valence-electron chi connectivity index (χ2n) is 2.92. The molecule has 1 rings (SSSR count). The third-order valence-electron chi connectivity index (χ3n) is 1.79. The molecule has 0 aliphatic rings. The van der Waals surface area contributed by atoms with Crippen molar-refractivity contribution in [2.45, 2.75) is 18.6 Å². The summed E-state index contributed by atoms with van der Waals surface area (Å²) in [6, 6.07) is 3.23. The number of rotatable bonds is 3. The van der Waals surface area contributed by atoms with Crippen LogP contribution in [0, 0.1) is 23.2 Å². The first-order chi connectivity index (χ1) is 7.04. The van der Waals surface area contributed by atoms with Gasteiger partial charge in [-0.2, -0.15) is 19.0 Å². The molecule has 6 heteroatoms. The van der Waals surface area contributed by atoms with E-state index in [9.17, 15) is 19.0 Å². The van der Waals surface area contributed by atoms with Gasteiger partial charge >= 0.3 is 0 Å². The van der Waals surface area contributed by atoms with Crippen LogP contribution in [0.15, 0.2) is 12.1 Å². The quantitative estimate of drug-likeness (QED) is 0.725. The van der Waals surface area contributed by atoms with Crippen LogP contribution in [-0.2, 0) is 0 Å². The number of aliphatic hydroxyl groups excluding tert-OH is 2. The summed E-state index contributed by atoms with van der Waals surface area (Å²) in [5, 5.41) is 26.9. The zero-order valence-corrected chi connectivity index (χ0v) is 7.56. The molecule has 15 heavy (non-hydrogen) atoms. The Balaban J connectivity index is 2.91. The first-order valence-corrected chi connectivity index (χ1v) is 4.10. The SMILES string of the molecule is N#CCC(O)C(O)c1cc(F)nc(F)c1. The van der Waals surface area contributed by atoms with E-state index >= 15 is 0 Å². The number of halogens is 2. The highest BCUT2D eigenvalue weighted by Crippen LogP contribution is 2.19. The van der Waals surface area contributed by atoms with E-state index in [0.29, 0.717) is 0 Å². The highest BCUT2D eigenvalue weighted by atomic mass is 19.1. The fourth-order valence-electron chi connectivity index (χ4n) is 1.08. The van der Waals surface area contributed by atoms with Crippen molar-refractivity contribution in [3.63, 3.8) is 0 Å². The Bertz CT molecular complexity index is 372. The monoisotopic (exact) mass is 214 g/mol. The van der Waals surface area contributed by atoms with Gasteiger partial charge in [0.15, 0.2) is 0 Å². The molecule has 1 aromatic heterocycles. The van der Waals surface area contributed by atoms with Gasteiger partial charge in [0.1, 0.15) is 6.10 Å². The lowest BCUT2D eigenvalue weighted by Crippen LogP contribution is -2.18. The number of aliphatic hydroxyl groups is 2. The number of hydrogen-bond acceptors (Lipinski definition) is 4. The average molecular weight is 214 g/mol. The van der Waals surface area contributed by atoms with E-state index in [4.69, 9.17) is 5.26 Å². The lowest BCUT2D eigenvalue weighted by Gasteiger charge is -2.15. The van der Waals surface area contributed by atoms with Gasteiger partial charge in [-0.05, 0) is 17.7 Å². The minimum atomic E-state index is -1.50. The van der Waals surface area contributed by atoms with Crippen molar-refractivity contribution in [2.24, 2.45) is 0 Å².